The summed E-state index contributed by atoms with van der Waals surface area (Å²) in [5.74, 6) is 1.20. The third-order valence-corrected chi connectivity index (χ3v) is 4.34. The Morgan fingerprint density at radius 3 is 2.62 bits per heavy atom. The van der Waals surface area contributed by atoms with Crippen LogP contribution < -0.4 is 5.32 Å². The second-order valence-electron chi connectivity index (χ2n) is 5.86. The van der Waals surface area contributed by atoms with Gasteiger partial charge in [-0.05, 0) is 52.5 Å². The lowest BCUT2D eigenvalue weighted by Crippen LogP contribution is -2.39. The van der Waals surface area contributed by atoms with E-state index in [0.717, 1.165) is 36.4 Å². The standard InChI is InChI=1S/C18H25BrN4O/c1-20-18(23(3)13-16-11-15(19)12-22(16)2)21-10-4-5-14-6-8-17(24)9-7-14/h6-9,11-12,24H,4-5,10,13H2,1-3H3,(H,20,21). The molecule has 0 unspecified atom stereocenters. The van der Waals surface area contributed by atoms with Crippen molar-refractivity contribution in [1.82, 2.24) is 14.8 Å². The van der Waals surface area contributed by atoms with Crippen molar-refractivity contribution in [3.05, 3.63) is 52.3 Å². The largest absolute Gasteiger partial charge is 0.508 e. The lowest BCUT2D eigenvalue weighted by atomic mass is 10.1. The van der Waals surface area contributed by atoms with E-state index in [2.05, 4.69) is 48.0 Å². The molecule has 0 spiro atoms. The van der Waals surface area contributed by atoms with Gasteiger partial charge in [0.1, 0.15) is 5.75 Å². The first kappa shape index (κ1) is 18.4. The van der Waals surface area contributed by atoms with Gasteiger partial charge in [-0.25, -0.2) is 0 Å². The van der Waals surface area contributed by atoms with Gasteiger partial charge in [0.2, 0.25) is 0 Å². The number of aromatic hydroxyl groups is 1. The Kier molecular flexibility index (Phi) is 6.73. The second kappa shape index (κ2) is 8.78. The van der Waals surface area contributed by atoms with E-state index < -0.39 is 0 Å². The molecule has 2 N–H and O–H groups in total. The van der Waals surface area contributed by atoms with Crippen molar-refractivity contribution in [2.45, 2.75) is 19.4 Å². The highest BCUT2D eigenvalue weighted by atomic mass is 79.9. The number of rotatable bonds is 6. The van der Waals surface area contributed by atoms with Crippen molar-refractivity contribution < 1.29 is 5.11 Å². The summed E-state index contributed by atoms with van der Waals surface area (Å²) in [4.78, 5) is 6.47. The van der Waals surface area contributed by atoms with Crippen LogP contribution in [0.4, 0.5) is 0 Å². The molecule has 2 rings (SSSR count). The van der Waals surface area contributed by atoms with Crippen LogP contribution in [0.3, 0.4) is 0 Å². The Morgan fingerprint density at radius 2 is 2.04 bits per heavy atom. The first-order valence-corrected chi connectivity index (χ1v) is 8.79. The summed E-state index contributed by atoms with van der Waals surface area (Å²) in [5, 5.41) is 12.7. The fourth-order valence-electron chi connectivity index (χ4n) is 2.58. The number of aryl methyl sites for hydroxylation is 2. The molecular formula is C18H25BrN4O. The number of hydrogen-bond acceptors (Lipinski definition) is 2. The Labute approximate surface area is 152 Å². The maximum Gasteiger partial charge on any atom is 0.193 e. The summed E-state index contributed by atoms with van der Waals surface area (Å²) in [6.07, 6.45) is 4.03. The van der Waals surface area contributed by atoms with Crippen LogP contribution in [0.2, 0.25) is 0 Å². The molecule has 1 aromatic heterocycles. The Morgan fingerprint density at radius 1 is 1.33 bits per heavy atom. The van der Waals surface area contributed by atoms with E-state index in [1.165, 1.54) is 11.3 Å². The van der Waals surface area contributed by atoms with Gasteiger partial charge >= 0.3 is 0 Å². The summed E-state index contributed by atoms with van der Waals surface area (Å²) in [5.41, 5.74) is 2.45. The van der Waals surface area contributed by atoms with Crippen molar-refractivity contribution in [2.75, 3.05) is 20.6 Å². The molecule has 0 bridgehead atoms. The van der Waals surface area contributed by atoms with Crippen LogP contribution in [-0.2, 0) is 20.0 Å². The van der Waals surface area contributed by atoms with E-state index in [1.807, 2.05) is 26.2 Å². The molecule has 5 nitrogen and oxygen atoms in total. The number of nitrogens with zero attached hydrogens (tertiary/aromatic N) is 3. The van der Waals surface area contributed by atoms with E-state index in [-0.39, 0.29) is 0 Å². The number of aromatic nitrogens is 1. The predicted octanol–water partition coefficient (Wildman–Crippen LogP) is 3.13. The molecule has 130 valence electrons. The molecule has 0 radical (unpaired) electrons. The van der Waals surface area contributed by atoms with E-state index >= 15 is 0 Å². The maximum atomic E-state index is 9.30. The zero-order valence-electron chi connectivity index (χ0n) is 14.5. The molecule has 2 aromatic rings. The summed E-state index contributed by atoms with van der Waals surface area (Å²) < 4.78 is 3.20. The minimum absolute atomic E-state index is 0.311. The van der Waals surface area contributed by atoms with Crippen LogP contribution in [0.15, 0.2) is 46.0 Å². The van der Waals surface area contributed by atoms with E-state index in [4.69, 9.17) is 0 Å². The van der Waals surface area contributed by atoms with Crippen molar-refractivity contribution in [3.63, 3.8) is 0 Å². The van der Waals surface area contributed by atoms with Crippen LogP contribution in [0.5, 0.6) is 5.75 Å². The molecule has 0 aliphatic heterocycles. The Hall–Kier alpha value is -1.95. The van der Waals surface area contributed by atoms with Crippen molar-refractivity contribution in [3.8, 4) is 5.75 Å². The lowest BCUT2D eigenvalue weighted by Gasteiger charge is -2.22. The third-order valence-electron chi connectivity index (χ3n) is 3.91. The molecule has 0 amide bonds. The van der Waals surface area contributed by atoms with Crippen LogP contribution in [0.25, 0.3) is 0 Å². The smallest absolute Gasteiger partial charge is 0.193 e. The first-order chi connectivity index (χ1) is 11.5. The SMILES string of the molecule is CN=C(NCCCc1ccc(O)cc1)N(C)Cc1cc(Br)cn1C. The van der Waals surface area contributed by atoms with Crippen molar-refractivity contribution in [2.24, 2.45) is 12.0 Å². The van der Waals surface area contributed by atoms with E-state index in [9.17, 15) is 5.11 Å². The van der Waals surface area contributed by atoms with Gasteiger partial charge in [-0.3, -0.25) is 4.99 Å². The molecule has 0 saturated heterocycles. The van der Waals surface area contributed by atoms with Crippen molar-refractivity contribution in [1.29, 1.82) is 0 Å². The molecule has 0 fully saturated rings. The van der Waals surface area contributed by atoms with Gasteiger partial charge in [0, 0.05) is 44.1 Å². The van der Waals surface area contributed by atoms with Gasteiger partial charge in [-0.2, -0.15) is 0 Å². The number of phenolic OH excluding ortho intramolecular Hbond substituents is 1. The van der Waals surface area contributed by atoms with Crippen molar-refractivity contribution >= 4 is 21.9 Å². The molecule has 0 atom stereocenters. The summed E-state index contributed by atoms with van der Waals surface area (Å²) in [6.45, 7) is 1.65. The predicted molar refractivity (Wildman–Crippen MR) is 102 cm³/mol. The van der Waals surface area contributed by atoms with E-state index in [0.29, 0.717) is 5.75 Å². The zero-order chi connectivity index (χ0) is 17.5. The van der Waals surface area contributed by atoms with Gasteiger partial charge in [0.15, 0.2) is 5.96 Å². The number of benzene rings is 1. The van der Waals surface area contributed by atoms with Gasteiger partial charge in [-0.1, -0.05) is 12.1 Å². The van der Waals surface area contributed by atoms with Crippen LogP contribution >= 0.6 is 15.9 Å². The highest BCUT2D eigenvalue weighted by Gasteiger charge is 2.09. The van der Waals surface area contributed by atoms with Gasteiger partial charge < -0.3 is 19.9 Å². The summed E-state index contributed by atoms with van der Waals surface area (Å²) in [7, 11) is 5.89. The molecule has 0 aliphatic rings. The normalized spacial score (nSPS) is 11.6. The van der Waals surface area contributed by atoms with Crippen LogP contribution in [0, 0.1) is 0 Å². The molecular weight excluding hydrogens is 368 g/mol. The topological polar surface area (TPSA) is 52.8 Å². The lowest BCUT2D eigenvalue weighted by molar-refractivity contribution is 0.461. The van der Waals surface area contributed by atoms with E-state index in [1.54, 1.807) is 19.2 Å². The fraction of sp³-hybridized carbons (Fsp3) is 0.389. The molecule has 0 aliphatic carbocycles. The number of aliphatic imine (C=N–C) groups is 1. The van der Waals surface area contributed by atoms with Crippen LogP contribution in [-0.4, -0.2) is 41.2 Å². The number of phenols is 1. The monoisotopic (exact) mass is 392 g/mol. The number of nitrogens with one attached hydrogen (secondary N) is 1. The molecule has 24 heavy (non-hydrogen) atoms. The highest BCUT2D eigenvalue weighted by molar-refractivity contribution is 9.10. The highest BCUT2D eigenvalue weighted by Crippen LogP contribution is 2.15. The number of guanidine groups is 1. The average Bonchev–Trinajstić information content (AvgIpc) is 2.86. The minimum atomic E-state index is 0.311. The Bertz CT molecular complexity index is 679. The maximum absolute atomic E-state index is 9.30. The minimum Gasteiger partial charge on any atom is -0.508 e. The van der Waals surface area contributed by atoms with Gasteiger partial charge in [-0.15, -0.1) is 0 Å². The second-order valence-corrected chi connectivity index (χ2v) is 6.78. The number of halogens is 1. The quantitative estimate of drug-likeness (QED) is 0.451. The molecule has 1 heterocycles. The zero-order valence-corrected chi connectivity index (χ0v) is 16.0. The average molecular weight is 393 g/mol. The van der Waals surface area contributed by atoms with Crippen LogP contribution in [0.1, 0.15) is 17.7 Å². The molecule has 0 saturated carbocycles. The molecule has 1 aromatic carbocycles. The summed E-state index contributed by atoms with van der Waals surface area (Å²) >= 11 is 3.50. The number of hydrogen-bond donors (Lipinski definition) is 2. The Balaban J connectivity index is 1.79. The van der Waals surface area contributed by atoms with Gasteiger partial charge in [0.25, 0.3) is 0 Å². The fourth-order valence-corrected chi connectivity index (χ4v) is 3.15. The third kappa shape index (κ3) is 5.30. The van der Waals surface area contributed by atoms with Gasteiger partial charge in [0.05, 0.1) is 6.54 Å². The molecule has 6 heteroatoms. The first-order valence-electron chi connectivity index (χ1n) is 8.00. The summed E-state index contributed by atoms with van der Waals surface area (Å²) in [6, 6.07) is 9.50.